The van der Waals surface area contributed by atoms with Gasteiger partial charge in [-0.15, -0.1) is 0 Å². The van der Waals surface area contributed by atoms with Gasteiger partial charge >= 0.3 is 0 Å². The maximum absolute atomic E-state index is 6.08. The Morgan fingerprint density at radius 1 is 1.23 bits per heavy atom. The molecule has 0 saturated heterocycles. The first-order valence-corrected chi connectivity index (χ1v) is 7.18. The van der Waals surface area contributed by atoms with E-state index in [0.717, 1.165) is 22.5 Å². The van der Waals surface area contributed by atoms with E-state index in [1.54, 1.807) is 24.3 Å². The lowest BCUT2D eigenvalue weighted by atomic mass is 10.1. The molecule has 0 aliphatic rings. The van der Waals surface area contributed by atoms with Crippen molar-refractivity contribution in [3.63, 3.8) is 0 Å². The third-order valence-electron chi connectivity index (χ3n) is 3.23. The fourth-order valence-corrected chi connectivity index (χ4v) is 2.45. The quantitative estimate of drug-likeness (QED) is 0.741. The smallest absolute Gasteiger partial charge is 0.221 e. The average molecular weight is 315 g/mol. The zero-order valence-electron chi connectivity index (χ0n) is 12.3. The minimum Gasteiger partial charge on any atom is -0.481 e. The topological polar surface area (TPSA) is 52.8 Å². The molecule has 112 valence electrons. The van der Waals surface area contributed by atoms with Crippen LogP contribution in [-0.4, -0.2) is 26.9 Å². The van der Waals surface area contributed by atoms with Crippen molar-refractivity contribution in [1.29, 1.82) is 0 Å². The standard InChI is InChI=1S/C16H15ClN4O/c1-11-19-10-21(20-11)9-12-6-15(16(22-2)18-8-12)13-4-3-5-14(17)7-13/h3-8,10H,9H2,1-2H3. The van der Waals surface area contributed by atoms with E-state index in [9.17, 15) is 0 Å². The summed E-state index contributed by atoms with van der Waals surface area (Å²) in [7, 11) is 1.61. The Kier molecular flexibility index (Phi) is 4.06. The molecule has 5 nitrogen and oxygen atoms in total. The van der Waals surface area contributed by atoms with Crippen LogP contribution >= 0.6 is 11.6 Å². The highest BCUT2D eigenvalue weighted by molar-refractivity contribution is 6.30. The van der Waals surface area contributed by atoms with Crippen LogP contribution in [0.5, 0.6) is 5.88 Å². The van der Waals surface area contributed by atoms with Gasteiger partial charge in [0.15, 0.2) is 0 Å². The maximum Gasteiger partial charge on any atom is 0.221 e. The number of hydrogen-bond donors (Lipinski definition) is 0. The molecule has 0 radical (unpaired) electrons. The summed E-state index contributed by atoms with van der Waals surface area (Å²) < 4.78 is 7.14. The molecule has 0 aliphatic heterocycles. The third-order valence-corrected chi connectivity index (χ3v) is 3.47. The SMILES string of the molecule is COc1ncc(Cn2cnc(C)n2)cc1-c1cccc(Cl)c1. The van der Waals surface area contributed by atoms with Gasteiger partial charge in [0.05, 0.1) is 13.7 Å². The number of aromatic nitrogens is 4. The van der Waals surface area contributed by atoms with Gasteiger partial charge in [0.2, 0.25) is 5.88 Å². The van der Waals surface area contributed by atoms with Gasteiger partial charge < -0.3 is 4.74 Å². The fourth-order valence-electron chi connectivity index (χ4n) is 2.26. The molecule has 0 N–H and O–H groups in total. The first-order valence-electron chi connectivity index (χ1n) is 6.80. The van der Waals surface area contributed by atoms with Gasteiger partial charge in [-0.05, 0) is 36.2 Å². The summed E-state index contributed by atoms with van der Waals surface area (Å²) in [4.78, 5) is 8.51. The highest BCUT2D eigenvalue weighted by Gasteiger charge is 2.10. The van der Waals surface area contributed by atoms with Crippen molar-refractivity contribution < 1.29 is 4.74 Å². The molecule has 6 heteroatoms. The van der Waals surface area contributed by atoms with Gasteiger partial charge in [0, 0.05) is 16.8 Å². The lowest BCUT2D eigenvalue weighted by molar-refractivity contribution is 0.399. The number of benzene rings is 1. The molecule has 0 saturated carbocycles. The molecule has 22 heavy (non-hydrogen) atoms. The predicted molar refractivity (Wildman–Crippen MR) is 85.1 cm³/mol. The number of nitrogens with zero attached hydrogens (tertiary/aromatic N) is 4. The van der Waals surface area contributed by atoms with E-state index in [-0.39, 0.29) is 0 Å². The van der Waals surface area contributed by atoms with Crippen molar-refractivity contribution in [2.75, 3.05) is 7.11 Å². The molecular weight excluding hydrogens is 300 g/mol. The van der Waals surface area contributed by atoms with Crippen molar-refractivity contribution in [3.05, 3.63) is 59.3 Å². The van der Waals surface area contributed by atoms with Crippen LogP contribution < -0.4 is 4.74 Å². The van der Waals surface area contributed by atoms with Gasteiger partial charge in [-0.2, -0.15) is 5.10 Å². The molecule has 0 atom stereocenters. The summed E-state index contributed by atoms with van der Waals surface area (Å²) in [5, 5.41) is 4.97. The molecular formula is C16H15ClN4O. The molecule has 0 amide bonds. The Balaban J connectivity index is 1.99. The van der Waals surface area contributed by atoms with E-state index >= 15 is 0 Å². The molecule has 0 bridgehead atoms. The van der Waals surface area contributed by atoms with Gasteiger partial charge in [0.1, 0.15) is 12.2 Å². The molecule has 0 aliphatic carbocycles. The first kappa shape index (κ1) is 14.5. The summed E-state index contributed by atoms with van der Waals surface area (Å²) in [6.07, 6.45) is 3.49. The predicted octanol–water partition coefficient (Wildman–Crippen LogP) is 3.36. The monoisotopic (exact) mass is 314 g/mol. The molecule has 0 spiro atoms. The number of halogens is 1. The number of methoxy groups -OCH3 is 1. The lowest BCUT2D eigenvalue weighted by Crippen LogP contribution is -2.02. The van der Waals surface area contributed by atoms with Crippen LogP contribution in [0.2, 0.25) is 5.02 Å². The number of aryl methyl sites for hydroxylation is 1. The largest absolute Gasteiger partial charge is 0.481 e. The normalized spacial score (nSPS) is 10.7. The molecule has 1 aromatic carbocycles. The summed E-state index contributed by atoms with van der Waals surface area (Å²) in [5.74, 6) is 1.32. The summed E-state index contributed by atoms with van der Waals surface area (Å²) in [5.41, 5.74) is 2.88. The molecule has 2 heterocycles. The molecule has 2 aromatic heterocycles. The zero-order valence-corrected chi connectivity index (χ0v) is 13.1. The molecule has 3 rings (SSSR count). The average Bonchev–Trinajstić information content (AvgIpc) is 2.92. The summed E-state index contributed by atoms with van der Waals surface area (Å²) >= 11 is 6.08. The highest BCUT2D eigenvalue weighted by Crippen LogP contribution is 2.30. The Morgan fingerprint density at radius 3 is 2.77 bits per heavy atom. The minimum atomic E-state index is 0.570. The van der Waals surface area contributed by atoms with Gasteiger partial charge in [-0.1, -0.05) is 23.7 Å². The Bertz CT molecular complexity index is 800. The second kappa shape index (κ2) is 6.15. The van der Waals surface area contributed by atoms with Gasteiger partial charge in [-0.25, -0.2) is 14.6 Å². The Morgan fingerprint density at radius 2 is 2.09 bits per heavy atom. The van der Waals surface area contributed by atoms with E-state index in [0.29, 0.717) is 17.4 Å². The van der Waals surface area contributed by atoms with Gasteiger partial charge in [-0.3, -0.25) is 0 Å². The van der Waals surface area contributed by atoms with Crippen molar-refractivity contribution >= 4 is 11.6 Å². The number of hydrogen-bond acceptors (Lipinski definition) is 4. The van der Waals surface area contributed by atoms with Crippen molar-refractivity contribution in [3.8, 4) is 17.0 Å². The summed E-state index contributed by atoms with van der Waals surface area (Å²) in [6, 6.07) is 9.66. The fraction of sp³-hybridized carbons (Fsp3) is 0.188. The van der Waals surface area contributed by atoms with Crippen molar-refractivity contribution in [1.82, 2.24) is 19.7 Å². The zero-order chi connectivity index (χ0) is 15.5. The third kappa shape index (κ3) is 3.09. The van der Waals surface area contributed by atoms with E-state index in [1.807, 2.05) is 37.3 Å². The minimum absolute atomic E-state index is 0.570. The first-order chi connectivity index (χ1) is 10.7. The lowest BCUT2D eigenvalue weighted by Gasteiger charge is -2.10. The highest BCUT2D eigenvalue weighted by atomic mass is 35.5. The van der Waals surface area contributed by atoms with Crippen molar-refractivity contribution in [2.45, 2.75) is 13.5 Å². The number of ether oxygens (including phenoxy) is 1. The van der Waals surface area contributed by atoms with E-state index < -0.39 is 0 Å². The number of pyridine rings is 1. The maximum atomic E-state index is 6.08. The summed E-state index contributed by atoms with van der Waals surface area (Å²) in [6.45, 7) is 2.46. The van der Waals surface area contributed by atoms with Crippen LogP contribution in [0.3, 0.4) is 0 Å². The Hall–Kier alpha value is -2.40. The van der Waals surface area contributed by atoms with Crippen molar-refractivity contribution in [2.24, 2.45) is 0 Å². The Labute approximate surface area is 133 Å². The molecule has 0 unspecified atom stereocenters. The second-order valence-electron chi connectivity index (χ2n) is 4.90. The molecule has 3 aromatic rings. The van der Waals surface area contributed by atoms with E-state index in [4.69, 9.17) is 16.3 Å². The van der Waals surface area contributed by atoms with Gasteiger partial charge in [0.25, 0.3) is 0 Å². The van der Waals surface area contributed by atoms with Crippen LogP contribution in [0, 0.1) is 6.92 Å². The molecule has 0 fully saturated rings. The van der Waals surface area contributed by atoms with Crippen LogP contribution in [0.25, 0.3) is 11.1 Å². The second-order valence-corrected chi connectivity index (χ2v) is 5.34. The van der Waals surface area contributed by atoms with E-state index in [2.05, 4.69) is 15.1 Å². The van der Waals surface area contributed by atoms with Crippen LogP contribution in [-0.2, 0) is 6.54 Å². The van der Waals surface area contributed by atoms with Crippen LogP contribution in [0.1, 0.15) is 11.4 Å². The number of rotatable bonds is 4. The van der Waals surface area contributed by atoms with E-state index in [1.165, 1.54) is 0 Å². The van der Waals surface area contributed by atoms with Crippen LogP contribution in [0.15, 0.2) is 42.9 Å². The van der Waals surface area contributed by atoms with Crippen LogP contribution in [0.4, 0.5) is 0 Å².